The minimum absolute atomic E-state index is 0.0569. The average molecular weight is 308 g/mol. The SMILES string of the molecule is CCC(C)CC(C)(C)C(CN(C)S(C)(=O)=O)OC(C)C. The predicted octanol–water partition coefficient (Wildman–Crippen LogP) is 3.13. The number of hydrogen-bond acceptors (Lipinski definition) is 3. The molecule has 0 aliphatic carbocycles. The van der Waals surface area contributed by atoms with Gasteiger partial charge in [0.2, 0.25) is 10.0 Å². The van der Waals surface area contributed by atoms with Crippen LogP contribution in [0.3, 0.4) is 0 Å². The second-order valence-corrected chi connectivity index (χ2v) is 9.01. The van der Waals surface area contributed by atoms with Crippen LogP contribution in [0.4, 0.5) is 0 Å². The summed E-state index contributed by atoms with van der Waals surface area (Å²) in [7, 11) is -1.56. The molecule has 0 rings (SSSR count). The molecule has 0 aliphatic heterocycles. The van der Waals surface area contributed by atoms with Crippen LogP contribution in [0, 0.1) is 11.3 Å². The number of nitrogens with zero attached hydrogens (tertiary/aromatic N) is 1. The lowest BCUT2D eigenvalue weighted by Crippen LogP contribution is -2.44. The molecule has 0 fully saturated rings. The molecule has 0 aromatic carbocycles. The summed E-state index contributed by atoms with van der Waals surface area (Å²) in [5.41, 5.74) is -0.0569. The Labute approximate surface area is 125 Å². The molecule has 0 N–H and O–H groups in total. The Morgan fingerprint density at radius 3 is 2.05 bits per heavy atom. The molecular weight excluding hydrogens is 274 g/mol. The van der Waals surface area contributed by atoms with Crippen LogP contribution in [-0.4, -0.2) is 44.8 Å². The van der Waals surface area contributed by atoms with Gasteiger partial charge in [0.25, 0.3) is 0 Å². The first kappa shape index (κ1) is 19.9. The lowest BCUT2D eigenvalue weighted by atomic mass is 9.77. The van der Waals surface area contributed by atoms with E-state index in [0.29, 0.717) is 12.5 Å². The number of sulfonamides is 1. The molecule has 0 radical (unpaired) electrons. The molecule has 0 saturated carbocycles. The molecule has 0 bridgehead atoms. The van der Waals surface area contributed by atoms with E-state index in [1.807, 2.05) is 13.8 Å². The summed E-state index contributed by atoms with van der Waals surface area (Å²) in [4.78, 5) is 0. The van der Waals surface area contributed by atoms with Crippen molar-refractivity contribution in [2.75, 3.05) is 19.8 Å². The zero-order chi connectivity index (χ0) is 16.1. The minimum atomic E-state index is -3.17. The fraction of sp³-hybridized carbons (Fsp3) is 1.00. The average Bonchev–Trinajstić information content (AvgIpc) is 2.25. The van der Waals surface area contributed by atoms with Crippen LogP contribution in [0.15, 0.2) is 0 Å². The Kier molecular flexibility index (Phi) is 7.71. The van der Waals surface area contributed by atoms with Crippen molar-refractivity contribution < 1.29 is 13.2 Å². The summed E-state index contributed by atoms with van der Waals surface area (Å²) < 4.78 is 30.7. The van der Waals surface area contributed by atoms with Crippen LogP contribution >= 0.6 is 0 Å². The van der Waals surface area contributed by atoms with Gasteiger partial charge in [0.1, 0.15) is 0 Å². The normalized spacial score (nSPS) is 16.7. The largest absolute Gasteiger partial charge is 0.374 e. The summed E-state index contributed by atoms with van der Waals surface area (Å²) in [6.07, 6.45) is 3.37. The topological polar surface area (TPSA) is 46.6 Å². The summed E-state index contributed by atoms with van der Waals surface area (Å²) in [5.74, 6) is 0.604. The molecule has 0 heterocycles. The van der Waals surface area contributed by atoms with Gasteiger partial charge >= 0.3 is 0 Å². The van der Waals surface area contributed by atoms with Gasteiger partial charge in [0.15, 0.2) is 0 Å². The molecule has 4 nitrogen and oxygen atoms in total. The number of ether oxygens (including phenoxy) is 1. The second kappa shape index (κ2) is 7.76. The number of likely N-dealkylation sites (N-methyl/N-ethyl adjacent to an activating group) is 1. The summed E-state index contributed by atoms with van der Waals surface area (Å²) in [6.45, 7) is 13.1. The highest BCUT2D eigenvalue weighted by Gasteiger charge is 2.34. The summed E-state index contributed by atoms with van der Waals surface area (Å²) in [6, 6.07) is 0. The van der Waals surface area contributed by atoms with Gasteiger partial charge in [0, 0.05) is 13.6 Å². The zero-order valence-corrected chi connectivity index (χ0v) is 15.3. The standard InChI is InChI=1S/C15H33NO3S/c1-9-13(4)10-15(5,6)14(19-12(2)3)11-16(7)20(8,17)18/h12-14H,9-11H2,1-8H3. The van der Waals surface area contributed by atoms with Gasteiger partial charge in [-0.15, -0.1) is 0 Å². The van der Waals surface area contributed by atoms with Gasteiger partial charge in [0.05, 0.1) is 18.5 Å². The Bertz CT molecular complexity index is 377. The maximum absolute atomic E-state index is 11.6. The van der Waals surface area contributed by atoms with Crippen molar-refractivity contribution in [3.8, 4) is 0 Å². The maximum atomic E-state index is 11.6. The van der Waals surface area contributed by atoms with Crippen LogP contribution in [0.25, 0.3) is 0 Å². The van der Waals surface area contributed by atoms with E-state index >= 15 is 0 Å². The Hall–Kier alpha value is -0.130. The quantitative estimate of drug-likeness (QED) is 0.657. The first-order chi connectivity index (χ1) is 8.90. The first-order valence-electron chi connectivity index (χ1n) is 7.47. The van der Waals surface area contributed by atoms with Gasteiger partial charge < -0.3 is 4.74 Å². The predicted molar refractivity (Wildman–Crippen MR) is 85.3 cm³/mol. The highest BCUT2D eigenvalue weighted by Crippen LogP contribution is 2.33. The Morgan fingerprint density at radius 2 is 1.70 bits per heavy atom. The third kappa shape index (κ3) is 7.04. The van der Waals surface area contributed by atoms with E-state index in [4.69, 9.17) is 4.74 Å². The van der Waals surface area contributed by atoms with Gasteiger partial charge in [-0.2, -0.15) is 0 Å². The van der Waals surface area contributed by atoms with E-state index < -0.39 is 10.0 Å². The molecule has 0 aromatic rings. The van der Waals surface area contributed by atoms with Crippen molar-refractivity contribution in [2.24, 2.45) is 11.3 Å². The van der Waals surface area contributed by atoms with Gasteiger partial charge in [-0.05, 0) is 31.6 Å². The summed E-state index contributed by atoms with van der Waals surface area (Å²) in [5, 5.41) is 0. The fourth-order valence-corrected chi connectivity index (χ4v) is 2.75. The highest BCUT2D eigenvalue weighted by atomic mass is 32.2. The molecule has 0 aliphatic rings. The van der Waals surface area contributed by atoms with Crippen molar-refractivity contribution in [3.05, 3.63) is 0 Å². The van der Waals surface area contributed by atoms with Crippen molar-refractivity contribution in [1.82, 2.24) is 4.31 Å². The van der Waals surface area contributed by atoms with Gasteiger partial charge in [-0.3, -0.25) is 0 Å². The third-order valence-electron chi connectivity index (χ3n) is 3.87. The lowest BCUT2D eigenvalue weighted by Gasteiger charge is -2.38. The van der Waals surface area contributed by atoms with E-state index in [2.05, 4.69) is 27.7 Å². The minimum Gasteiger partial charge on any atom is -0.374 e. The zero-order valence-electron chi connectivity index (χ0n) is 14.4. The van der Waals surface area contributed by atoms with Crippen LogP contribution in [0.5, 0.6) is 0 Å². The monoisotopic (exact) mass is 307 g/mol. The molecule has 0 spiro atoms. The summed E-state index contributed by atoms with van der Waals surface area (Å²) >= 11 is 0. The van der Waals surface area contributed by atoms with Crippen molar-refractivity contribution in [3.63, 3.8) is 0 Å². The van der Waals surface area contributed by atoms with E-state index in [1.54, 1.807) is 7.05 Å². The Balaban J connectivity index is 5.04. The maximum Gasteiger partial charge on any atom is 0.211 e. The fourth-order valence-electron chi connectivity index (χ4n) is 2.35. The molecule has 122 valence electrons. The third-order valence-corrected chi connectivity index (χ3v) is 5.15. The molecule has 0 aromatic heterocycles. The molecule has 0 amide bonds. The van der Waals surface area contributed by atoms with E-state index in [0.717, 1.165) is 12.8 Å². The molecule has 0 saturated heterocycles. The molecular formula is C15H33NO3S. The van der Waals surface area contributed by atoms with Gasteiger partial charge in [-0.25, -0.2) is 12.7 Å². The van der Waals surface area contributed by atoms with Crippen LogP contribution in [-0.2, 0) is 14.8 Å². The van der Waals surface area contributed by atoms with E-state index in [9.17, 15) is 8.42 Å². The molecule has 20 heavy (non-hydrogen) atoms. The lowest BCUT2D eigenvalue weighted by molar-refractivity contribution is -0.0706. The molecule has 5 heteroatoms. The second-order valence-electron chi connectivity index (χ2n) is 6.92. The van der Waals surface area contributed by atoms with Crippen molar-refractivity contribution in [1.29, 1.82) is 0 Å². The van der Waals surface area contributed by atoms with Crippen LogP contribution in [0.2, 0.25) is 0 Å². The number of hydrogen-bond donors (Lipinski definition) is 0. The highest BCUT2D eigenvalue weighted by molar-refractivity contribution is 7.88. The van der Waals surface area contributed by atoms with E-state index in [-0.39, 0.29) is 17.6 Å². The first-order valence-corrected chi connectivity index (χ1v) is 9.31. The van der Waals surface area contributed by atoms with Gasteiger partial charge in [-0.1, -0.05) is 34.1 Å². The smallest absolute Gasteiger partial charge is 0.211 e. The van der Waals surface area contributed by atoms with Crippen LogP contribution < -0.4 is 0 Å². The van der Waals surface area contributed by atoms with E-state index in [1.165, 1.54) is 10.6 Å². The van der Waals surface area contributed by atoms with Crippen molar-refractivity contribution in [2.45, 2.75) is 66.6 Å². The molecule has 2 atom stereocenters. The number of rotatable bonds is 9. The van der Waals surface area contributed by atoms with Crippen molar-refractivity contribution >= 4 is 10.0 Å². The Morgan fingerprint density at radius 1 is 1.20 bits per heavy atom. The molecule has 2 unspecified atom stereocenters. The van der Waals surface area contributed by atoms with Crippen LogP contribution in [0.1, 0.15) is 54.4 Å².